The van der Waals surface area contributed by atoms with Gasteiger partial charge in [-0.3, -0.25) is 9.59 Å². The van der Waals surface area contributed by atoms with Gasteiger partial charge in [-0.25, -0.2) is 9.97 Å². The van der Waals surface area contributed by atoms with E-state index in [1.54, 1.807) is 38.6 Å². The fraction of sp³-hybridized carbons (Fsp3) is 0.448. The second-order valence-electron chi connectivity index (χ2n) is 9.96. The van der Waals surface area contributed by atoms with E-state index in [0.29, 0.717) is 39.5 Å². The Morgan fingerprint density at radius 1 is 1.26 bits per heavy atom. The zero-order chi connectivity index (χ0) is 28.1. The minimum atomic E-state index is -0.240. The first-order valence-electron chi connectivity index (χ1n) is 13.4. The van der Waals surface area contributed by atoms with Crippen LogP contribution in [0.1, 0.15) is 56.0 Å². The average Bonchev–Trinajstić information content (AvgIpc) is 2.94. The van der Waals surface area contributed by atoms with Gasteiger partial charge in [-0.05, 0) is 71.4 Å². The molecule has 1 atom stereocenters. The number of aromatic nitrogens is 3. The minimum Gasteiger partial charge on any atom is -0.495 e. The molecule has 10 nitrogen and oxygen atoms in total. The maximum absolute atomic E-state index is 13.1. The molecule has 4 rings (SSSR count). The minimum absolute atomic E-state index is 0.123. The molecule has 2 aromatic heterocycles. The van der Waals surface area contributed by atoms with Crippen molar-refractivity contribution in [3.8, 4) is 11.5 Å². The Labute approximate surface area is 229 Å². The lowest BCUT2D eigenvalue weighted by Crippen LogP contribution is -2.43. The molecule has 1 aliphatic rings. The molecule has 208 valence electrons. The van der Waals surface area contributed by atoms with Crippen LogP contribution >= 0.6 is 0 Å². The molecule has 2 N–H and O–H groups in total. The first-order chi connectivity index (χ1) is 18.7. The Morgan fingerprint density at radius 2 is 2.00 bits per heavy atom. The van der Waals surface area contributed by atoms with Gasteiger partial charge in [0, 0.05) is 18.7 Å². The molecule has 0 spiro atoms. The molecule has 3 aromatic rings. The lowest BCUT2D eigenvalue weighted by atomic mass is 10.0. The SMILES string of the molecule is C/C=C/c1c(OC(C)CC)c(=O)n(C)c2cnc(Nc3ccc(C(=O)NC4CCN(C)CC4)cc3OC)nc12. The van der Waals surface area contributed by atoms with E-state index < -0.39 is 0 Å². The number of hydrogen-bond donors (Lipinski definition) is 2. The highest BCUT2D eigenvalue weighted by molar-refractivity contribution is 5.95. The van der Waals surface area contributed by atoms with E-state index in [1.165, 1.54) is 4.57 Å². The summed E-state index contributed by atoms with van der Waals surface area (Å²) in [6.45, 7) is 7.76. The maximum atomic E-state index is 13.1. The van der Waals surface area contributed by atoms with Crippen molar-refractivity contribution in [2.45, 2.75) is 52.2 Å². The number of methoxy groups -OCH3 is 1. The molecule has 0 aliphatic carbocycles. The van der Waals surface area contributed by atoms with Crippen molar-refractivity contribution in [3.63, 3.8) is 0 Å². The van der Waals surface area contributed by atoms with Gasteiger partial charge in [-0.1, -0.05) is 19.1 Å². The molecular formula is C29H38N6O4. The van der Waals surface area contributed by atoms with Crippen LogP contribution in [0.5, 0.6) is 11.5 Å². The third-order valence-corrected chi connectivity index (χ3v) is 7.12. The smallest absolute Gasteiger partial charge is 0.293 e. The van der Waals surface area contributed by atoms with Crippen molar-refractivity contribution in [2.24, 2.45) is 7.05 Å². The first kappa shape index (κ1) is 28.1. The van der Waals surface area contributed by atoms with Gasteiger partial charge in [-0.15, -0.1) is 0 Å². The standard InChI is InChI=1S/C29H38N6O4/c1-7-9-21-25-23(35(5)28(37)26(21)39-18(3)8-2)17-30-29(33-25)32-22-11-10-19(16-24(22)38-6)27(36)31-20-12-14-34(4)15-13-20/h7,9-11,16-18,20H,8,12-15H2,1-6H3,(H,31,36)(H,30,32,33)/b9-7+. The van der Waals surface area contributed by atoms with Gasteiger partial charge < -0.3 is 29.6 Å². The van der Waals surface area contributed by atoms with Gasteiger partial charge in [0.15, 0.2) is 5.75 Å². The Morgan fingerprint density at radius 3 is 2.67 bits per heavy atom. The van der Waals surface area contributed by atoms with Crippen LogP contribution in [0.3, 0.4) is 0 Å². The predicted octanol–water partition coefficient (Wildman–Crippen LogP) is 4.12. The van der Waals surface area contributed by atoms with Gasteiger partial charge in [-0.2, -0.15) is 0 Å². The molecule has 1 aromatic carbocycles. The van der Waals surface area contributed by atoms with Crippen LogP contribution < -0.4 is 25.7 Å². The number of aryl methyl sites for hydroxylation is 1. The molecule has 0 bridgehead atoms. The van der Waals surface area contributed by atoms with E-state index in [1.807, 2.05) is 32.9 Å². The second-order valence-corrected chi connectivity index (χ2v) is 9.96. The third-order valence-electron chi connectivity index (χ3n) is 7.12. The number of piperidine rings is 1. The first-order valence-corrected chi connectivity index (χ1v) is 13.4. The molecule has 39 heavy (non-hydrogen) atoms. The number of carbonyl (C=O) groups is 1. The van der Waals surface area contributed by atoms with Crippen LogP contribution in [0, 0.1) is 0 Å². The largest absolute Gasteiger partial charge is 0.495 e. The summed E-state index contributed by atoms with van der Waals surface area (Å²) in [6, 6.07) is 5.41. The van der Waals surface area contributed by atoms with Crippen LogP contribution in [0.25, 0.3) is 17.1 Å². The summed E-state index contributed by atoms with van der Waals surface area (Å²) in [6.07, 6.45) is 7.80. The number of benzene rings is 1. The molecule has 0 radical (unpaired) electrons. The Bertz CT molecular complexity index is 1430. The van der Waals surface area contributed by atoms with Crippen molar-refractivity contribution in [1.82, 2.24) is 24.8 Å². The highest BCUT2D eigenvalue weighted by Gasteiger charge is 2.21. The number of fused-ring (bicyclic) bond motifs is 1. The number of anilines is 2. The van der Waals surface area contributed by atoms with Crippen molar-refractivity contribution in [1.29, 1.82) is 0 Å². The number of allylic oxidation sites excluding steroid dienone is 1. The Kier molecular flexibility index (Phi) is 8.86. The van der Waals surface area contributed by atoms with E-state index in [2.05, 4.69) is 27.6 Å². The third kappa shape index (κ3) is 6.22. The summed E-state index contributed by atoms with van der Waals surface area (Å²) >= 11 is 0. The predicted molar refractivity (Wildman–Crippen MR) is 154 cm³/mol. The summed E-state index contributed by atoms with van der Waals surface area (Å²) in [5, 5.41) is 6.34. The van der Waals surface area contributed by atoms with Crippen molar-refractivity contribution >= 4 is 34.7 Å². The number of pyridine rings is 1. The van der Waals surface area contributed by atoms with Crippen molar-refractivity contribution < 1.29 is 14.3 Å². The second kappa shape index (κ2) is 12.3. The van der Waals surface area contributed by atoms with Crippen LogP contribution in [0.2, 0.25) is 0 Å². The summed E-state index contributed by atoms with van der Waals surface area (Å²) in [7, 11) is 5.33. The average molecular weight is 535 g/mol. The Balaban J connectivity index is 1.64. The van der Waals surface area contributed by atoms with Gasteiger partial charge >= 0.3 is 0 Å². The fourth-order valence-electron chi connectivity index (χ4n) is 4.56. The molecule has 1 aliphatic heterocycles. The number of rotatable bonds is 9. The highest BCUT2D eigenvalue weighted by atomic mass is 16.5. The zero-order valence-electron chi connectivity index (χ0n) is 23.6. The lowest BCUT2D eigenvalue weighted by molar-refractivity contribution is 0.0916. The van der Waals surface area contributed by atoms with E-state index in [9.17, 15) is 9.59 Å². The molecular weight excluding hydrogens is 496 g/mol. The van der Waals surface area contributed by atoms with Crippen LogP contribution in [-0.4, -0.2) is 64.7 Å². The number of carbonyl (C=O) groups excluding carboxylic acids is 1. The van der Waals surface area contributed by atoms with Gasteiger partial charge in [0.25, 0.3) is 11.5 Å². The van der Waals surface area contributed by atoms with Crippen LogP contribution in [0.4, 0.5) is 11.6 Å². The molecule has 0 saturated carbocycles. The molecule has 1 amide bonds. The number of amides is 1. The normalized spacial score (nSPS) is 15.4. The molecule has 1 saturated heterocycles. The van der Waals surface area contributed by atoms with E-state index >= 15 is 0 Å². The fourth-order valence-corrected chi connectivity index (χ4v) is 4.56. The number of likely N-dealkylation sites (tertiary alicyclic amines) is 1. The summed E-state index contributed by atoms with van der Waals surface area (Å²) in [5.74, 6) is 0.953. The van der Waals surface area contributed by atoms with Crippen molar-refractivity contribution in [3.05, 3.63) is 52.0 Å². The van der Waals surface area contributed by atoms with Gasteiger partial charge in [0.05, 0.1) is 36.2 Å². The zero-order valence-corrected chi connectivity index (χ0v) is 23.6. The number of nitrogens with zero attached hydrogens (tertiary/aromatic N) is 4. The van der Waals surface area contributed by atoms with Crippen molar-refractivity contribution in [2.75, 3.05) is 32.6 Å². The van der Waals surface area contributed by atoms with Crippen LogP contribution in [-0.2, 0) is 7.05 Å². The van der Waals surface area contributed by atoms with E-state index in [-0.39, 0.29) is 29.4 Å². The Hall–Kier alpha value is -3.92. The highest BCUT2D eigenvalue weighted by Crippen LogP contribution is 2.30. The molecule has 1 unspecified atom stereocenters. The maximum Gasteiger partial charge on any atom is 0.293 e. The summed E-state index contributed by atoms with van der Waals surface area (Å²) in [5.41, 5.74) is 2.67. The lowest BCUT2D eigenvalue weighted by Gasteiger charge is -2.29. The number of ether oxygens (including phenoxy) is 2. The van der Waals surface area contributed by atoms with Gasteiger partial charge in [0.1, 0.15) is 11.3 Å². The number of hydrogen-bond acceptors (Lipinski definition) is 8. The van der Waals surface area contributed by atoms with Crippen LogP contribution in [0.15, 0.2) is 35.3 Å². The molecule has 1 fully saturated rings. The monoisotopic (exact) mass is 534 g/mol. The van der Waals surface area contributed by atoms with E-state index in [0.717, 1.165) is 32.4 Å². The van der Waals surface area contributed by atoms with E-state index in [4.69, 9.17) is 14.5 Å². The topological polar surface area (TPSA) is 111 Å². The number of nitrogens with one attached hydrogen (secondary N) is 2. The quantitative estimate of drug-likeness (QED) is 0.422. The molecule has 3 heterocycles. The van der Waals surface area contributed by atoms with Gasteiger partial charge in [0.2, 0.25) is 5.95 Å². The summed E-state index contributed by atoms with van der Waals surface area (Å²) in [4.78, 5) is 37.5. The molecule has 10 heteroatoms. The summed E-state index contributed by atoms with van der Waals surface area (Å²) < 4.78 is 13.1.